The molecule has 3 nitrogen and oxygen atoms in total. The molecule has 0 saturated carbocycles. The molecule has 0 aromatic carbocycles. The van der Waals surface area contributed by atoms with Gasteiger partial charge in [0, 0.05) is 6.42 Å². The van der Waals surface area contributed by atoms with E-state index >= 15 is 0 Å². The first kappa shape index (κ1) is 23.4. The van der Waals surface area contributed by atoms with Gasteiger partial charge in [-0.1, -0.05) is 90.4 Å². The highest BCUT2D eigenvalue weighted by molar-refractivity contribution is 5.66. The number of hydrogen-bond donors (Lipinski definition) is 2. The summed E-state index contributed by atoms with van der Waals surface area (Å²) in [5, 5.41) is 11.8. The molecule has 1 aliphatic rings. The number of unbranched alkanes of at least 4 members (excludes halogenated alkanes) is 12. The van der Waals surface area contributed by atoms with Crippen molar-refractivity contribution in [1.29, 1.82) is 0 Å². The van der Waals surface area contributed by atoms with Gasteiger partial charge in [0.25, 0.3) is 0 Å². The maximum absolute atomic E-state index is 10.3. The molecule has 0 amide bonds. The van der Waals surface area contributed by atoms with Crippen LogP contribution in [0.25, 0.3) is 0 Å². The van der Waals surface area contributed by atoms with E-state index in [1.165, 1.54) is 103 Å². The molecule has 0 aliphatic carbocycles. The average Bonchev–Trinajstić information content (AvgIpc) is 2.61. The summed E-state index contributed by atoms with van der Waals surface area (Å²) in [6, 6.07) is 0. The second-order valence-corrected chi connectivity index (χ2v) is 7.20. The molecule has 0 atom stereocenters. The van der Waals surface area contributed by atoms with Gasteiger partial charge < -0.3 is 10.4 Å². The number of carboxylic acid groups (broad SMARTS) is 1. The van der Waals surface area contributed by atoms with Crippen LogP contribution in [-0.2, 0) is 4.79 Å². The molecule has 0 aromatic heterocycles. The quantitative estimate of drug-likeness (QED) is 0.364. The molecule has 0 spiro atoms. The van der Waals surface area contributed by atoms with Crippen LogP contribution in [-0.4, -0.2) is 24.2 Å². The second-order valence-electron chi connectivity index (χ2n) is 7.20. The van der Waals surface area contributed by atoms with Gasteiger partial charge in [-0.3, -0.25) is 4.79 Å². The largest absolute Gasteiger partial charge is 0.481 e. The predicted octanol–water partition coefficient (Wildman–Crippen LogP) is 6.31. The first-order chi connectivity index (χ1) is 11.8. The lowest BCUT2D eigenvalue weighted by Crippen LogP contribution is -2.21. The maximum atomic E-state index is 10.3. The molecule has 1 saturated heterocycles. The Labute approximate surface area is 151 Å². The normalized spacial score (nSPS) is 14.0. The minimum absolute atomic E-state index is 0.345. The number of carbonyl (C=O) groups is 1. The fourth-order valence-electron chi connectivity index (χ4n) is 3.10. The van der Waals surface area contributed by atoms with E-state index in [9.17, 15) is 4.79 Å². The fourth-order valence-corrected chi connectivity index (χ4v) is 3.10. The van der Waals surface area contributed by atoms with Crippen LogP contribution >= 0.6 is 0 Å². The van der Waals surface area contributed by atoms with Crippen LogP contribution in [0.2, 0.25) is 0 Å². The summed E-state index contributed by atoms with van der Waals surface area (Å²) in [4.78, 5) is 10.3. The van der Waals surface area contributed by atoms with E-state index in [4.69, 9.17) is 5.11 Å². The number of aliphatic carboxylic acids is 1. The first-order valence-electron chi connectivity index (χ1n) is 10.7. The highest BCUT2D eigenvalue weighted by atomic mass is 16.4. The fraction of sp³-hybridized carbons (Fsp3) is 0.952. The summed E-state index contributed by atoms with van der Waals surface area (Å²) in [5.41, 5.74) is 0. The predicted molar refractivity (Wildman–Crippen MR) is 105 cm³/mol. The highest BCUT2D eigenvalue weighted by Crippen LogP contribution is 2.12. The van der Waals surface area contributed by atoms with Crippen LogP contribution in [0.15, 0.2) is 0 Å². The van der Waals surface area contributed by atoms with Gasteiger partial charge in [0.1, 0.15) is 0 Å². The van der Waals surface area contributed by atoms with Crippen molar-refractivity contribution in [3.63, 3.8) is 0 Å². The van der Waals surface area contributed by atoms with E-state index < -0.39 is 5.97 Å². The molecule has 0 bridgehead atoms. The van der Waals surface area contributed by atoms with Crippen molar-refractivity contribution in [1.82, 2.24) is 5.32 Å². The van der Waals surface area contributed by atoms with E-state index in [0.29, 0.717) is 6.42 Å². The Morgan fingerprint density at radius 1 is 0.708 bits per heavy atom. The maximum Gasteiger partial charge on any atom is 0.303 e. The third-order valence-electron chi connectivity index (χ3n) is 4.70. The number of piperidine rings is 1. The van der Waals surface area contributed by atoms with Crippen molar-refractivity contribution in [3.05, 3.63) is 0 Å². The molecule has 144 valence electrons. The van der Waals surface area contributed by atoms with Crippen LogP contribution in [0.1, 0.15) is 116 Å². The van der Waals surface area contributed by atoms with Gasteiger partial charge in [0.2, 0.25) is 0 Å². The molecule has 3 heteroatoms. The van der Waals surface area contributed by atoms with Gasteiger partial charge in [-0.15, -0.1) is 0 Å². The number of rotatable bonds is 14. The zero-order valence-electron chi connectivity index (χ0n) is 16.3. The lowest BCUT2D eigenvalue weighted by Gasteiger charge is -2.08. The third kappa shape index (κ3) is 21.4. The Morgan fingerprint density at radius 3 is 1.42 bits per heavy atom. The van der Waals surface area contributed by atoms with Gasteiger partial charge >= 0.3 is 5.97 Å². The second kappa shape index (κ2) is 20.5. The molecule has 0 aromatic rings. The van der Waals surface area contributed by atoms with Crippen molar-refractivity contribution in [2.45, 2.75) is 116 Å². The van der Waals surface area contributed by atoms with Gasteiger partial charge in [-0.2, -0.15) is 0 Å². The molecule has 0 radical (unpaired) electrons. The van der Waals surface area contributed by atoms with Crippen molar-refractivity contribution in [2.24, 2.45) is 0 Å². The summed E-state index contributed by atoms with van der Waals surface area (Å²) in [7, 11) is 0. The molecular formula is C21H43NO2. The smallest absolute Gasteiger partial charge is 0.303 e. The standard InChI is InChI=1S/C16H32O2.C5H11N/c1-2-3-4-5-6-7-8-9-10-11-12-13-14-15-16(17)18;1-2-4-6-5-3-1/h2-15H2,1H3,(H,17,18);6H,1-5H2. The van der Waals surface area contributed by atoms with Gasteiger partial charge in [-0.05, 0) is 32.4 Å². The zero-order valence-corrected chi connectivity index (χ0v) is 16.3. The third-order valence-corrected chi connectivity index (χ3v) is 4.70. The lowest BCUT2D eigenvalue weighted by atomic mass is 10.0. The van der Waals surface area contributed by atoms with Crippen LogP contribution in [0.4, 0.5) is 0 Å². The van der Waals surface area contributed by atoms with E-state index in [-0.39, 0.29) is 0 Å². The molecule has 1 aliphatic heterocycles. The topological polar surface area (TPSA) is 49.3 Å². The zero-order chi connectivity index (χ0) is 17.7. The van der Waals surface area contributed by atoms with Crippen molar-refractivity contribution >= 4 is 5.97 Å². The Morgan fingerprint density at radius 2 is 1.12 bits per heavy atom. The Bertz CT molecular complexity index is 241. The minimum atomic E-state index is -0.655. The van der Waals surface area contributed by atoms with E-state index in [1.807, 2.05) is 0 Å². The summed E-state index contributed by atoms with van der Waals surface area (Å²) in [6.45, 7) is 4.76. The Kier molecular flexibility index (Phi) is 20.0. The summed E-state index contributed by atoms with van der Waals surface area (Å²) >= 11 is 0. The summed E-state index contributed by atoms with van der Waals surface area (Å²) < 4.78 is 0. The molecular weight excluding hydrogens is 298 g/mol. The van der Waals surface area contributed by atoms with Crippen molar-refractivity contribution < 1.29 is 9.90 Å². The minimum Gasteiger partial charge on any atom is -0.481 e. The van der Waals surface area contributed by atoms with E-state index in [2.05, 4.69) is 12.2 Å². The molecule has 2 N–H and O–H groups in total. The van der Waals surface area contributed by atoms with E-state index in [1.54, 1.807) is 0 Å². The van der Waals surface area contributed by atoms with Crippen molar-refractivity contribution in [2.75, 3.05) is 13.1 Å². The van der Waals surface area contributed by atoms with Gasteiger partial charge in [-0.25, -0.2) is 0 Å². The summed E-state index contributed by atoms with van der Waals surface area (Å²) in [5.74, 6) is -0.655. The van der Waals surface area contributed by atoms with Crippen LogP contribution in [0.3, 0.4) is 0 Å². The van der Waals surface area contributed by atoms with Crippen LogP contribution < -0.4 is 5.32 Å². The SMILES string of the molecule is C1CCNCC1.CCCCCCCCCCCCCCCC(=O)O. The molecule has 1 heterocycles. The average molecular weight is 342 g/mol. The molecule has 24 heavy (non-hydrogen) atoms. The van der Waals surface area contributed by atoms with Gasteiger partial charge in [0.15, 0.2) is 0 Å². The van der Waals surface area contributed by atoms with Gasteiger partial charge in [0.05, 0.1) is 0 Å². The molecule has 1 rings (SSSR count). The lowest BCUT2D eigenvalue weighted by molar-refractivity contribution is -0.137. The first-order valence-corrected chi connectivity index (χ1v) is 10.7. The van der Waals surface area contributed by atoms with Crippen LogP contribution in [0.5, 0.6) is 0 Å². The number of carboxylic acids is 1. The summed E-state index contributed by atoms with van der Waals surface area (Å²) in [6.07, 6.45) is 21.5. The number of nitrogens with one attached hydrogen (secondary N) is 1. The van der Waals surface area contributed by atoms with E-state index in [0.717, 1.165) is 12.8 Å². The Hall–Kier alpha value is -0.570. The highest BCUT2D eigenvalue weighted by Gasteiger charge is 1.97. The van der Waals surface area contributed by atoms with Crippen LogP contribution in [0, 0.1) is 0 Å². The van der Waals surface area contributed by atoms with Crippen molar-refractivity contribution in [3.8, 4) is 0 Å². The Balaban J connectivity index is 0.000000728. The molecule has 1 fully saturated rings. The monoisotopic (exact) mass is 341 g/mol. The number of hydrogen-bond acceptors (Lipinski definition) is 2. The molecule has 0 unspecified atom stereocenters.